The average Bonchev–Trinajstić information content (AvgIpc) is 3.19. The Balaban J connectivity index is 2.00. The van der Waals surface area contributed by atoms with E-state index in [2.05, 4.69) is 9.88 Å². The number of nitrogens with one attached hydrogen (secondary N) is 1. The fraction of sp³-hybridized carbons (Fsp3) is 0.211. The number of anilines is 1. The monoisotopic (exact) mass is 458 g/mol. The van der Waals surface area contributed by atoms with Crippen LogP contribution in [-0.2, 0) is 16.2 Å². The van der Waals surface area contributed by atoms with Gasteiger partial charge in [-0.2, -0.15) is 13.2 Å². The third kappa shape index (κ3) is 4.53. The van der Waals surface area contributed by atoms with Crippen LogP contribution in [0.1, 0.15) is 5.56 Å². The number of benzene rings is 2. The minimum Gasteiger partial charge on any atom is -0.496 e. The van der Waals surface area contributed by atoms with E-state index in [1.165, 1.54) is 33.5 Å². The van der Waals surface area contributed by atoms with Gasteiger partial charge in [-0.1, -0.05) is 11.2 Å². The van der Waals surface area contributed by atoms with Crippen molar-refractivity contribution in [1.82, 2.24) is 5.16 Å². The van der Waals surface area contributed by atoms with Crippen LogP contribution in [0.5, 0.6) is 17.2 Å². The minimum absolute atomic E-state index is 0.0233. The highest BCUT2D eigenvalue weighted by molar-refractivity contribution is 7.93. The van der Waals surface area contributed by atoms with Crippen LogP contribution in [0.4, 0.5) is 19.0 Å². The number of hydrogen-bond acceptors (Lipinski definition) is 7. The van der Waals surface area contributed by atoms with Crippen LogP contribution in [-0.4, -0.2) is 34.9 Å². The second kappa shape index (κ2) is 8.38. The van der Waals surface area contributed by atoms with Gasteiger partial charge in [0, 0.05) is 6.07 Å². The Labute approximate surface area is 175 Å². The molecule has 1 N–H and O–H groups in total. The normalized spacial score (nSPS) is 11.8. The molecule has 0 atom stereocenters. The molecule has 31 heavy (non-hydrogen) atoms. The molecule has 0 fully saturated rings. The first-order valence-corrected chi connectivity index (χ1v) is 10.0. The van der Waals surface area contributed by atoms with Crippen molar-refractivity contribution >= 4 is 15.8 Å². The number of aromatic nitrogens is 1. The van der Waals surface area contributed by atoms with E-state index in [-0.39, 0.29) is 39.3 Å². The summed E-state index contributed by atoms with van der Waals surface area (Å²) < 4.78 is 87.5. The smallest absolute Gasteiger partial charge is 0.416 e. The molecule has 2 aromatic carbocycles. The molecule has 12 heteroatoms. The average molecular weight is 458 g/mol. The number of methoxy groups -OCH3 is 3. The zero-order chi connectivity index (χ0) is 22.8. The van der Waals surface area contributed by atoms with Gasteiger partial charge in [0.2, 0.25) is 0 Å². The lowest BCUT2D eigenvalue weighted by atomic mass is 10.1. The molecule has 0 aliphatic rings. The molecule has 1 aromatic heterocycles. The van der Waals surface area contributed by atoms with Crippen molar-refractivity contribution in [3.05, 3.63) is 48.0 Å². The summed E-state index contributed by atoms with van der Waals surface area (Å²) in [5.74, 6) is -0.259. The maximum atomic E-state index is 13.1. The third-order valence-corrected chi connectivity index (χ3v) is 5.61. The highest BCUT2D eigenvalue weighted by Gasteiger charge is 2.32. The maximum absolute atomic E-state index is 13.1. The van der Waals surface area contributed by atoms with Crippen LogP contribution < -0.4 is 18.9 Å². The van der Waals surface area contributed by atoms with Crippen LogP contribution in [0.2, 0.25) is 0 Å². The summed E-state index contributed by atoms with van der Waals surface area (Å²) in [6, 6.07) is 8.35. The summed E-state index contributed by atoms with van der Waals surface area (Å²) >= 11 is 0. The number of halogens is 3. The Kier molecular flexibility index (Phi) is 6.02. The fourth-order valence-corrected chi connectivity index (χ4v) is 4.10. The van der Waals surface area contributed by atoms with Crippen LogP contribution in [0, 0.1) is 0 Å². The molecule has 0 amide bonds. The lowest BCUT2D eigenvalue weighted by molar-refractivity contribution is -0.137. The van der Waals surface area contributed by atoms with Crippen molar-refractivity contribution in [1.29, 1.82) is 0 Å². The summed E-state index contributed by atoms with van der Waals surface area (Å²) in [7, 11) is -0.384. The van der Waals surface area contributed by atoms with E-state index in [4.69, 9.17) is 18.7 Å². The van der Waals surface area contributed by atoms with Crippen LogP contribution >= 0.6 is 0 Å². The molecule has 0 aliphatic carbocycles. The number of ether oxygens (including phenoxy) is 3. The molecule has 0 radical (unpaired) electrons. The molecule has 8 nitrogen and oxygen atoms in total. The zero-order valence-corrected chi connectivity index (χ0v) is 17.3. The zero-order valence-electron chi connectivity index (χ0n) is 16.5. The molecule has 3 rings (SSSR count). The summed E-state index contributed by atoms with van der Waals surface area (Å²) in [4.78, 5) is -0.277. The number of sulfonamides is 1. The second-order valence-electron chi connectivity index (χ2n) is 6.09. The molecule has 166 valence electrons. The van der Waals surface area contributed by atoms with Crippen molar-refractivity contribution in [2.75, 3.05) is 26.1 Å². The minimum atomic E-state index is -4.59. The van der Waals surface area contributed by atoms with Crippen LogP contribution in [0.25, 0.3) is 11.3 Å². The van der Waals surface area contributed by atoms with Crippen molar-refractivity contribution in [3.63, 3.8) is 0 Å². The van der Waals surface area contributed by atoms with Gasteiger partial charge in [-0.3, -0.25) is 4.72 Å². The van der Waals surface area contributed by atoms with E-state index >= 15 is 0 Å². The molecular formula is C19H17F3N2O6S. The molecule has 1 heterocycles. The Morgan fingerprint density at radius 1 is 0.935 bits per heavy atom. The number of hydrogen-bond donors (Lipinski definition) is 1. The third-order valence-electron chi connectivity index (χ3n) is 4.19. The van der Waals surface area contributed by atoms with Gasteiger partial charge >= 0.3 is 6.18 Å². The van der Waals surface area contributed by atoms with Crippen LogP contribution in [0.3, 0.4) is 0 Å². The predicted octanol–water partition coefficient (Wildman–Crippen LogP) is 4.19. The van der Waals surface area contributed by atoms with Gasteiger partial charge in [0.25, 0.3) is 10.0 Å². The lowest BCUT2D eigenvalue weighted by Gasteiger charge is -2.13. The molecule has 0 saturated heterocycles. The SMILES string of the molecule is COc1ccc(C(F)(F)F)cc1-c1cc(NS(=O)(=O)c2c(OC)cccc2OC)no1. The first kappa shape index (κ1) is 22.3. The first-order valence-electron chi connectivity index (χ1n) is 8.57. The highest BCUT2D eigenvalue weighted by atomic mass is 32.2. The molecule has 0 aliphatic heterocycles. The predicted molar refractivity (Wildman–Crippen MR) is 104 cm³/mol. The Morgan fingerprint density at radius 2 is 1.55 bits per heavy atom. The van der Waals surface area contributed by atoms with E-state index in [0.717, 1.165) is 24.3 Å². The van der Waals surface area contributed by atoms with E-state index < -0.39 is 21.8 Å². The van der Waals surface area contributed by atoms with Gasteiger partial charge in [0.15, 0.2) is 16.5 Å². The Hall–Kier alpha value is -3.41. The Morgan fingerprint density at radius 3 is 2.10 bits per heavy atom. The lowest BCUT2D eigenvalue weighted by Crippen LogP contribution is -2.15. The van der Waals surface area contributed by atoms with Gasteiger partial charge in [-0.15, -0.1) is 0 Å². The van der Waals surface area contributed by atoms with Crippen molar-refractivity contribution in [2.24, 2.45) is 0 Å². The van der Waals surface area contributed by atoms with E-state index in [9.17, 15) is 21.6 Å². The first-order chi connectivity index (χ1) is 14.6. The van der Waals surface area contributed by atoms with E-state index in [0.29, 0.717) is 0 Å². The van der Waals surface area contributed by atoms with E-state index in [1.54, 1.807) is 6.07 Å². The maximum Gasteiger partial charge on any atom is 0.416 e. The molecule has 0 spiro atoms. The standard InChI is InChI=1S/C19H17F3N2O6S/c1-27-13-8-7-11(19(20,21)22)9-12(13)16-10-17(23-30-16)24-31(25,26)18-14(28-2)5-4-6-15(18)29-3/h4-10H,1-3H3,(H,23,24). The van der Waals surface area contributed by atoms with Crippen molar-refractivity contribution in [3.8, 4) is 28.6 Å². The molecular weight excluding hydrogens is 441 g/mol. The quantitative estimate of drug-likeness (QED) is 0.567. The van der Waals surface area contributed by atoms with Crippen LogP contribution in [0.15, 0.2) is 51.9 Å². The number of rotatable bonds is 7. The number of alkyl halides is 3. The molecule has 3 aromatic rings. The topological polar surface area (TPSA) is 99.9 Å². The fourth-order valence-electron chi connectivity index (χ4n) is 2.80. The van der Waals surface area contributed by atoms with E-state index in [1.807, 2.05) is 0 Å². The second-order valence-corrected chi connectivity index (χ2v) is 7.71. The van der Waals surface area contributed by atoms with Gasteiger partial charge in [0.05, 0.1) is 32.5 Å². The van der Waals surface area contributed by atoms with Gasteiger partial charge < -0.3 is 18.7 Å². The highest BCUT2D eigenvalue weighted by Crippen LogP contribution is 2.39. The van der Waals surface area contributed by atoms with Crippen molar-refractivity contribution in [2.45, 2.75) is 11.1 Å². The van der Waals surface area contributed by atoms with Crippen molar-refractivity contribution < 1.29 is 40.3 Å². The Bertz CT molecular complexity index is 1170. The molecule has 0 saturated carbocycles. The summed E-state index contributed by atoms with van der Waals surface area (Å²) in [5.41, 5.74) is -0.981. The summed E-state index contributed by atoms with van der Waals surface area (Å²) in [6.45, 7) is 0. The molecule has 0 bridgehead atoms. The summed E-state index contributed by atoms with van der Waals surface area (Å²) in [5, 5.41) is 3.60. The van der Waals surface area contributed by atoms with Gasteiger partial charge in [-0.05, 0) is 30.3 Å². The summed E-state index contributed by atoms with van der Waals surface area (Å²) in [6.07, 6.45) is -4.59. The largest absolute Gasteiger partial charge is 0.496 e. The van der Waals surface area contributed by atoms with Gasteiger partial charge in [0.1, 0.15) is 17.2 Å². The number of nitrogens with zero attached hydrogens (tertiary/aromatic N) is 1. The molecule has 0 unspecified atom stereocenters. The van der Waals surface area contributed by atoms with Gasteiger partial charge in [-0.25, -0.2) is 8.42 Å².